The molecule has 14 heavy (non-hydrogen) atoms. The Labute approximate surface area is 96.2 Å². The molecule has 0 saturated heterocycles. The van der Waals surface area contributed by atoms with Crippen molar-refractivity contribution in [2.45, 2.75) is 10.7 Å². The molecule has 0 spiro atoms. The maximum absolute atomic E-state index is 11.1. The van der Waals surface area contributed by atoms with Crippen LogP contribution in [-0.2, 0) is 9.53 Å². The molecule has 0 aromatic rings. The molecule has 0 aromatic carbocycles. The van der Waals surface area contributed by atoms with Crippen molar-refractivity contribution in [1.29, 1.82) is 5.26 Å². The molecule has 0 fully saturated rings. The van der Waals surface area contributed by atoms with E-state index in [1.807, 2.05) is 0 Å². The van der Waals surface area contributed by atoms with Crippen molar-refractivity contribution in [3.05, 3.63) is 11.3 Å². The second-order valence-electron chi connectivity index (χ2n) is 2.12. The average Bonchev–Trinajstić information content (AvgIpc) is 2.04. The monoisotopic (exact) mass is 256 g/mol. The summed E-state index contributed by atoms with van der Waals surface area (Å²) in [5, 5.41) is 8.59. The minimum absolute atomic E-state index is 0.108. The van der Waals surface area contributed by atoms with Gasteiger partial charge < -0.3 is 10.5 Å². The first-order chi connectivity index (χ1) is 6.34. The molecule has 0 rings (SSSR count). The van der Waals surface area contributed by atoms with E-state index >= 15 is 0 Å². The van der Waals surface area contributed by atoms with Crippen LogP contribution in [0.15, 0.2) is 11.3 Å². The molecule has 0 radical (unpaired) electrons. The fraction of sp³-hybridized carbons (Fsp3) is 0.429. The van der Waals surface area contributed by atoms with Crippen LogP contribution in [0.4, 0.5) is 0 Å². The molecule has 0 unspecified atom stereocenters. The minimum atomic E-state index is -1.99. The third-order valence-corrected chi connectivity index (χ3v) is 1.78. The van der Waals surface area contributed by atoms with E-state index in [1.54, 1.807) is 6.92 Å². The van der Waals surface area contributed by atoms with E-state index < -0.39 is 21.0 Å². The lowest BCUT2D eigenvalue weighted by molar-refractivity contribution is -0.138. The lowest BCUT2D eigenvalue weighted by Gasteiger charge is -2.12. The lowest BCUT2D eigenvalue weighted by Crippen LogP contribution is -2.22. The van der Waals surface area contributed by atoms with E-state index in [9.17, 15) is 4.79 Å². The molecule has 0 aliphatic carbocycles. The van der Waals surface area contributed by atoms with Gasteiger partial charge in [-0.2, -0.15) is 5.26 Å². The molecule has 0 heterocycles. The zero-order chi connectivity index (χ0) is 11.4. The molecule has 7 heteroatoms. The van der Waals surface area contributed by atoms with Gasteiger partial charge in [-0.15, -0.1) is 0 Å². The first-order valence-corrected chi connectivity index (χ1v) is 4.62. The Morgan fingerprint density at radius 3 is 2.36 bits per heavy atom. The van der Waals surface area contributed by atoms with Crippen LogP contribution >= 0.6 is 34.8 Å². The first kappa shape index (κ1) is 13.4. The summed E-state index contributed by atoms with van der Waals surface area (Å²) >= 11 is 16.2. The normalized spacial score (nSPS) is 12.8. The molecule has 0 atom stereocenters. The number of rotatable bonds is 2. The number of allylic oxidation sites excluding steroid dienone is 1. The van der Waals surface area contributed by atoms with Crippen molar-refractivity contribution in [1.82, 2.24) is 0 Å². The molecular weight excluding hydrogens is 250 g/mol. The number of alkyl halides is 3. The van der Waals surface area contributed by atoms with Gasteiger partial charge in [-0.3, -0.25) is 0 Å². The summed E-state index contributed by atoms with van der Waals surface area (Å²) in [5.41, 5.74) is 4.36. The summed E-state index contributed by atoms with van der Waals surface area (Å²) < 4.78 is 2.55. The van der Waals surface area contributed by atoms with Gasteiger partial charge in [0.1, 0.15) is 6.07 Å². The highest BCUT2D eigenvalue weighted by Crippen LogP contribution is 2.33. The van der Waals surface area contributed by atoms with Gasteiger partial charge in [0.15, 0.2) is 5.57 Å². The van der Waals surface area contributed by atoms with Gasteiger partial charge in [0.05, 0.1) is 12.3 Å². The highest BCUT2D eigenvalue weighted by Gasteiger charge is 2.30. The predicted octanol–water partition coefficient (Wildman–Crippen LogP) is 1.66. The number of ether oxygens (including phenoxy) is 1. The summed E-state index contributed by atoms with van der Waals surface area (Å²) in [6.45, 7) is 1.69. The van der Waals surface area contributed by atoms with Crippen LogP contribution in [0.1, 0.15) is 6.92 Å². The summed E-state index contributed by atoms with van der Waals surface area (Å²) in [5.74, 6) is -0.904. The summed E-state index contributed by atoms with van der Waals surface area (Å²) in [6.07, 6.45) is 0. The van der Waals surface area contributed by atoms with E-state index in [0.29, 0.717) is 0 Å². The van der Waals surface area contributed by atoms with Gasteiger partial charge in [-0.1, -0.05) is 34.8 Å². The largest absolute Gasteiger partial charge is 0.462 e. The van der Waals surface area contributed by atoms with Crippen molar-refractivity contribution >= 4 is 40.8 Å². The Kier molecular flexibility index (Phi) is 5.06. The minimum Gasteiger partial charge on any atom is -0.462 e. The van der Waals surface area contributed by atoms with Crippen LogP contribution < -0.4 is 5.73 Å². The molecule has 0 saturated carbocycles. The topological polar surface area (TPSA) is 76.1 Å². The van der Waals surface area contributed by atoms with Crippen molar-refractivity contribution < 1.29 is 9.53 Å². The fourth-order valence-electron chi connectivity index (χ4n) is 0.561. The molecule has 0 amide bonds. The van der Waals surface area contributed by atoms with Crippen LogP contribution in [0.25, 0.3) is 0 Å². The number of nitrogens with two attached hydrogens (primary N) is 1. The van der Waals surface area contributed by atoms with Crippen LogP contribution in [0, 0.1) is 11.3 Å². The van der Waals surface area contributed by atoms with E-state index in [2.05, 4.69) is 4.74 Å². The number of carbonyl (C=O) groups excluding carboxylic acids is 1. The molecule has 2 N–H and O–H groups in total. The predicted molar refractivity (Wildman–Crippen MR) is 53.7 cm³/mol. The number of esters is 1. The Morgan fingerprint density at radius 1 is 1.57 bits per heavy atom. The summed E-state index contributed by atoms with van der Waals surface area (Å²) in [7, 11) is 0. The number of hydrogen-bond acceptors (Lipinski definition) is 4. The molecule has 0 aliphatic heterocycles. The zero-order valence-corrected chi connectivity index (χ0v) is 9.45. The van der Waals surface area contributed by atoms with Gasteiger partial charge in [-0.25, -0.2) is 4.79 Å². The van der Waals surface area contributed by atoms with Crippen molar-refractivity contribution in [2.24, 2.45) is 5.73 Å². The number of nitrogens with zero attached hydrogens (tertiary/aromatic N) is 1. The zero-order valence-electron chi connectivity index (χ0n) is 7.18. The fourth-order valence-corrected chi connectivity index (χ4v) is 0.844. The third-order valence-electron chi connectivity index (χ3n) is 1.17. The van der Waals surface area contributed by atoms with Crippen LogP contribution in [-0.4, -0.2) is 16.4 Å². The molecule has 0 aliphatic rings. The highest BCUT2D eigenvalue weighted by molar-refractivity contribution is 6.69. The second-order valence-corrected chi connectivity index (χ2v) is 4.40. The van der Waals surface area contributed by atoms with Crippen LogP contribution in [0.5, 0.6) is 0 Å². The van der Waals surface area contributed by atoms with Gasteiger partial charge in [0.25, 0.3) is 0 Å². The Morgan fingerprint density at radius 2 is 2.07 bits per heavy atom. The first-order valence-electron chi connectivity index (χ1n) is 3.48. The average molecular weight is 258 g/mol. The molecule has 0 aromatic heterocycles. The van der Waals surface area contributed by atoms with Crippen LogP contribution in [0.3, 0.4) is 0 Å². The smallest absolute Gasteiger partial charge is 0.350 e. The lowest BCUT2D eigenvalue weighted by atomic mass is 10.2. The van der Waals surface area contributed by atoms with Gasteiger partial charge >= 0.3 is 5.97 Å². The van der Waals surface area contributed by atoms with E-state index in [1.165, 1.54) is 6.07 Å². The molecule has 78 valence electrons. The Bertz CT molecular complexity index is 301. The molecule has 0 bridgehead atoms. The van der Waals surface area contributed by atoms with E-state index in [0.717, 1.165) is 0 Å². The number of nitriles is 1. The number of halogens is 3. The maximum Gasteiger partial charge on any atom is 0.350 e. The van der Waals surface area contributed by atoms with Gasteiger partial charge in [-0.05, 0) is 6.92 Å². The second kappa shape index (κ2) is 5.30. The summed E-state index contributed by atoms with van der Waals surface area (Å²) in [6, 6.07) is 1.52. The van der Waals surface area contributed by atoms with E-state index in [-0.39, 0.29) is 6.61 Å². The number of carbonyl (C=O) groups is 1. The van der Waals surface area contributed by atoms with Crippen molar-refractivity contribution in [2.75, 3.05) is 6.61 Å². The Hall–Kier alpha value is -0.630. The number of hydrogen-bond donors (Lipinski definition) is 1. The SMILES string of the molecule is CCOC(=O)C(C#N)=C(N)C(Cl)(Cl)Cl. The highest BCUT2D eigenvalue weighted by atomic mass is 35.6. The molecular formula is C7H7Cl3N2O2. The third kappa shape index (κ3) is 3.62. The van der Waals surface area contributed by atoms with Crippen molar-refractivity contribution in [3.63, 3.8) is 0 Å². The maximum atomic E-state index is 11.1. The van der Waals surface area contributed by atoms with Crippen LogP contribution in [0.2, 0.25) is 0 Å². The molecule has 4 nitrogen and oxygen atoms in total. The summed E-state index contributed by atoms with van der Waals surface area (Å²) in [4.78, 5) is 11.1. The van der Waals surface area contributed by atoms with E-state index in [4.69, 9.17) is 45.8 Å². The quantitative estimate of drug-likeness (QED) is 0.353. The van der Waals surface area contributed by atoms with Crippen molar-refractivity contribution in [3.8, 4) is 6.07 Å². The van der Waals surface area contributed by atoms with Gasteiger partial charge in [0.2, 0.25) is 3.79 Å². The Balaban J connectivity index is 5.08. The van der Waals surface area contributed by atoms with Gasteiger partial charge in [0, 0.05) is 0 Å². The standard InChI is InChI=1S/C7H7Cl3N2O2/c1-2-14-6(13)4(3-11)5(12)7(8,9)10/h2,12H2,1H3.